The zero-order valence-corrected chi connectivity index (χ0v) is 7.09. The molecule has 2 atom stereocenters. The summed E-state index contributed by atoms with van der Waals surface area (Å²) in [6.07, 6.45) is 0.958. The summed E-state index contributed by atoms with van der Waals surface area (Å²) >= 11 is 0. The third kappa shape index (κ3) is 2.19. The minimum Gasteiger partial charge on any atom is -0.469 e. The number of hydrogen-bond donors (Lipinski definition) is 1. The Hall–Kier alpha value is -0.570. The van der Waals surface area contributed by atoms with Gasteiger partial charge in [-0.15, -0.1) is 0 Å². The van der Waals surface area contributed by atoms with Crippen molar-refractivity contribution in [2.75, 3.05) is 20.2 Å². The van der Waals surface area contributed by atoms with E-state index in [2.05, 4.69) is 17.0 Å². The standard InChI is InChI=1S/C8H15NO2/c1-6-3-7(5-9-4-6)8(10)11-2/h6-7,9H,3-5H2,1-2H3/t6-,7+/m1/s1. The normalized spacial score (nSPS) is 31.5. The van der Waals surface area contributed by atoms with Crippen molar-refractivity contribution in [2.24, 2.45) is 11.8 Å². The highest BCUT2D eigenvalue weighted by Gasteiger charge is 2.24. The van der Waals surface area contributed by atoms with Gasteiger partial charge in [-0.25, -0.2) is 0 Å². The molecule has 0 saturated carbocycles. The molecular weight excluding hydrogens is 142 g/mol. The first-order valence-corrected chi connectivity index (χ1v) is 4.02. The van der Waals surface area contributed by atoms with Gasteiger partial charge in [-0.1, -0.05) is 6.92 Å². The molecule has 11 heavy (non-hydrogen) atoms. The molecule has 3 heteroatoms. The van der Waals surface area contributed by atoms with Gasteiger partial charge in [-0.05, 0) is 18.9 Å². The number of methoxy groups -OCH3 is 1. The highest BCUT2D eigenvalue weighted by atomic mass is 16.5. The topological polar surface area (TPSA) is 38.3 Å². The largest absolute Gasteiger partial charge is 0.469 e. The van der Waals surface area contributed by atoms with E-state index in [9.17, 15) is 4.79 Å². The molecule has 0 spiro atoms. The van der Waals surface area contributed by atoms with Crippen LogP contribution in [0.15, 0.2) is 0 Å². The molecule has 1 saturated heterocycles. The SMILES string of the molecule is COC(=O)[C@@H]1CNC[C@H](C)C1. The Balaban J connectivity index is 2.39. The summed E-state index contributed by atoms with van der Waals surface area (Å²) in [5, 5.41) is 3.20. The van der Waals surface area contributed by atoms with Gasteiger partial charge in [0, 0.05) is 6.54 Å². The van der Waals surface area contributed by atoms with E-state index in [-0.39, 0.29) is 11.9 Å². The maximum Gasteiger partial charge on any atom is 0.309 e. The molecule has 0 radical (unpaired) electrons. The Kier molecular flexibility index (Phi) is 2.88. The highest BCUT2D eigenvalue weighted by Crippen LogP contribution is 2.16. The van der Waals surface area contributed by atoms with Gasteiger partial charge in [0.2, 0.25) is 0 Å². The first-order chi connectivity index (χ1) is 5.24. The fraction of sp³-hybridized carbons (Fsp3) is 0.875. The van der Waals surface area contributed by atoms with Crippen LogP contribution in [0.2, 0.25) is 0 Å². The molecular formula is C8H15NO2. The molecule has 1 N–H and O–H groups in total. The van der Waals surface area contributed by atoms with Crippen LogP contribution < -0.4 is 5.32 Å². The summed E-state index contributed by atoms with van der Waals surface area (Å²) < 4.78 is 4.66. The van der Waals surface area contributed by atoms with Crippen molar-refractivity contribution in [2.45, 2.75) is 13.3 Å². The quantitative estimate of drug-likeness (QED) is 0.560. The third-order valence-electron chi connectivity index (χ3n) is 2.10. The first kappa shape index (κ1) is 8.53. The summed E-state index contributed by atoms with van der Waals surface area (Å²) in [7, 11) is 1.45. The van der Waals surface area contributed by atoms with E-state index >= 15 is 0 Å². The third-order valence-corrected chi connectivity index (χ3v) is 2.10. The van der Waals surface area contributed by atoms with Crippen LogP contribution in [0.5, 0.6) is 0 Å². The van der Waals surface area contributed by atoms with Crippen molar-refractivity contribution in [3.05, 3.63) is 0 Å². The Morgan fingerprint density at radius 1 is 1.55 bits per heavy atom. The molecule has 0 aromatic heterocycles. The van der Waals surface area contributed by atoms with E-state index in [1.54, 1.807) is 0 Å². The van der Waals surface area contributed by atoms with Crippen LogP contribution in [-0.2, 0) is 9.53 Å². The van der Waals surface area contributed by atoms with Crippen LogP contribution in [0.4, 0.5) is 0 Å². The number of carbonyl (C=O) groups excluding carboxylic acids is 1. The lowest BCUT2D eigenvalue weighted by Gasteiger charge is -2.25. The van der Waals surface area contributed by atoms with E-state index in [0.717, 1.165) is 19.5 Å². The van der Waals surface area contributed by atoms with E-state index in [1.165, 1.54) is 7.11 Å². The lowest BCUT2D eigenvalue weighted by molar-refractivity contribution is -0.146. The second-order valence-corrected chi connectivity index (χ2v) is 3.22. The molecule has 0 unspecified atom stereocenters. The number of piperidine rings is 1. The van der Waals surface area contributed by atoms with Gasteiger partial charge in [0.25, 0.3) is 0 Å². The second kappa shape index (κ2) is 3.72. The first-order valence-electron chi connectivity index (χ1n) is 4.02. The Morgan fingerprint density at radius 3 is 2.82 bits per heavy atom. The molecule has 1 aliphatic heterocycles. The Bertz CT molecular complexity index is 147. The van der Waals surface area contributed by atoms with E-state index in [1.807, 2.05) is 0 Å². The molecule has 0 aliphatic carbocycles. The van der Waals surface area contributed by atoms with Crippen molar-refractivity contribution >= 4 is 5.97 Å². The number of esters is 1. The monoisotopic (exact) mass is 157 g/mol. The molecule has 1 rings (SSSR count). The van der Waals surface area contributed by atoms with E-state index in [0.29, 0.717) is 5.92 Å². The molecule has 1 aliphatic rings. The minimum atomic E-state index is -0.0796. The minimum absolute atomic E-state index is 0.0729. The van der Waals surface area contributed by atoms with Gasteiger partial charge in [0.05, 0.1) is 13.0 Å². The molecule has 0 bridgehead atoms. The molecule has 1 fully saturated rings. The predicted octanol–water partition coefficient (Wildman–Crippen LogP) is 0.405. The predicted molar refractivity (Wildman–Crippen MR) is 42.2 cm³/mol. The summed E-state index contributed by atoms with van der Waals surface area (Å²) in [5.41, 5.74) is 0. The molecule has 3 nitrogen and oxygen atoms in total. The van der Waals surface area contributed by atoms with Crippen LogP contribution in [0.25, 0.3) is 0 Å². The van der Waals surface area contributed by atoms with Crippen molar-refractivity contribution in [1.29, 1.82) is 0 Å². The zero-order chi connectivity index (χ0) is 8.27. The van der Waals surface area contributed by atoms with Crippen molar-refractivity contribution in [3.8, 4) is 0 Å². The van der Waals surface area contributed by atoms with Crippen LogP contribution in [-0.4, -0.2) is 26.2 Å². The van der Waals surface area contributed by atoms with Crippen LogP contribution in [0.3, 0.4) is 0 Å². The molecule has 0 aromatic carbocycles. The average Bonchev–Trinajstić information content (AvgIpc) is 2.03. The van der Waals surface area contributed by atoms with Gasteiger partial charge in [0.1, 0.15) is 0 Å². The summed E-state index contributed by atoms with van der Waals surface area (Å²) in [6, 6.07) is 0. The number of nitrogens with one attached hydrogen (secondary N) is 1. The second-order valence-electron chi connectivity index (χ2n) is 3.22. The summed E-state index contributed by atoms with van der Waals surface area (Å²) in [6.45, 7) is 3.94. The van der Waals surface area contributed by atoms with Gasteiger partial charge >= 0.3 is 5.97 Å². The van der Waals surface area contributed by atoms with E-state index in [4.69, 9.17) is 0 Å². The van der Waals surface area contributed by atoms with Gasteiger partial charge in [-0.2, -0.15) is 0 Å². The summed E-state index contributed by atoms with van der Waals surface area (Å²) in [4.78, 5) is 11.1. The fourth-order valence-corrected chi connectivity index (χ4v) is 1.50. The number of rotatable bonds is 1. The van der Waals surface area contributed by atoms with E-state index < -0.39 is 0 Å². The van der Waals surface area contributed by atoms with Gasteiger partial charge in [-0.3, -0.25) is 4.79 Å². The molecule has 0 amide bonds. The van der Waals surface area contributed by atoms with Gasteiger partial charge in [0.15, 0.2) is 0 Å². The van der Waals surface area contributed by atoms with Gasteiger partial charge < -0.3 is 10.1 Å². The lowest BCUT2D eigenvalue weighted by atomic mass is 9.92. The van der Waals surface area contributed by atoms with Crippen molar-refractivity contribution in [1.82, 2.24) is 5.32 Å². The Morgan fingerprint density at radius 2 is 2.27 bits per heavy atom. The molecule has 64 valence electrons. The van der Waals surface area contributed by atoms with Crippen LogP contribution >= 0.6 is 0 Å². The number of carbonyl (C=O) groups is 1. The summed E-state index contributed by atoms with van der Waals surface area (Å²) in [5.74, 6) is 0.584. The zero-order valence-electron chi connectivity index (χ0n) is 7.09. The Labute approximate surface area is 67.1 Å². The van der Waals surface area contributed by atoms with Crippen LogP contribution in [0, 0.1) is 11.8 Å². The molecule has 1 heterocycles. The lowest BCUT2D eigenvalue weighted by Crippen LogP contribution is -2.39. The number of hydrogen-bond acceptors (Lipinski definition) is 3. The maximum atomic E-state index is 11.1. The van der Waals surface area contributed by atoms with Crippen molar-refractivity contribution in [3.63, 3.8) is 0 Å². The fourth-order valence-electron chi connectivity index (χ4n) is 1.50. The molecule has 0 aromatic rings. The average molecular weight is 157 g/mol. The number of ether oxygens (including phenoxy) is 1. The highest BCUT2D eigenvalue weighted by molar-refractivity contribution is 5.72. The van der Waals surface area contributed by atoms with Crippen LogP contribution in [0.1, 0.15) is 13.3 Å². The maximum absolute atomic E-state index is 11.1. The smallest absolute Gasteiger partial charge is 0.309 e. The van der Waals surface area contributed by atoms with Crippen molar-refractivity contribution < 1.29 is 9.53 Å².